The molecule has 0 spiro atoms. The number of rotatable bonds is 5. The van der Waals surface area contributed by atoms with E-state index in [1.165, 1.54) is 11.8 Å². The summed E-state index contributed by atoms with van der Waals surface area (Å²) in [5.74, 6) is 0.226. The largest absolute Gasteiger partial charge is 0.431 e. The molecule has 2 unspecified atom stereocenters. The summed E-state index contributed by atoms with van der Waals surface area (Å²) in [6.45, 7) is 2.13. The molecule has 22 heavy (non-hydrogen) atoms. The molecule has 118 valence electrons. The van der Waals surface area contributed by atoms with Crippen molar-refractivity contribution < 1.29 is 14.3 Å². The van der Waals surface area contributed by atoms with Crippen LogP contribution in [0.15, 0.2) is 33.9 Å². The minimum Gasteiger partial charge on any atom is -0.431 e. The molecule has 2 atom stereocenters. The van der Waals surface area contributed by atoms with E-state index >= 15 is 0 Å². The van der Waals surface area contributed by atoms with Gasteiger partial charge in [0.2, 0.25) is 5.91 Å². The Hall–Kier alpha value is -1.53. The van der Waals surface area contributed by atoms with Crippen molar-refractivity contribution in [3.8, 4) is 0 Å². The molecule has 5 nitrogen and oxygen atoms in total. The van der Waals surface area contributed by atoms with E-state index in [9.17, 15) is 9.90 Å². The second-order valence-corrected chi connectivity index (χ2v) is 6.99. The summed E-state index contributed by atoms with van der Waals surface area (Å²) in [4.78, 5) is 16.4. The third-order valence-corrected chi connectivity index (χ3v) is 5.21. The molecule has 1 aromatic heterocycles. The fourth-order valence-corrected chi connectivity index (χ4v) is 3.59. The second-order valence-electron chi connectivity index (χ2n) is 6.06. The average Bonchev–Trinajstić information content (AvgIpc) is 3.09. The summed E-state index contributed by atoms with van der Waals surface area (Å²) in [6.07, 6.45) is 2.92. The second kappa shape index (κ2) is 6.30. The molecule has 3 rings (SSSR count). The number of aliphatic hydroxyl groups excluding tert-OH is 1. The van der Waals surface area contributed by atoms with E-state index in [4.69, 9.17) is 4.42 Å². The Morgan fingerprint density at radius 1 is 1.55 bits per heavy atom. The molecule has 2 aromatic rings. The molecule has 1 saturated carbocycles. The van der Waals surface area contributed by atoms with Crippen LogP contribution in [0.2, 0.25) is 0 Å². The van der Waals surface area contributed by atoms with Gasteiger partial charge in [-0.15, -0.1) is 0 Å². The van der Waals surface area contributed by atoms with Crippen molar-refractivity contribution in [3.05, 3.63) is 24.3 Å². The van der Waals surface area contributed by atoms with Gasteiger partial charge >= 0.3 is 0 Å². The first-order valence-corrected chi connectivity index (χ1v) is 8.48. The van der Waals surface area contributed by atoms with Gasteiger partial charge in [-0.05, 0) is 25.0 Å². The highest BCUT2D eigenvalue weighted by molar-refractivity contribution is 7.99. The van der Waals surface area contributed by atoms with Crippen LogP contribution in [-0.2, 0) is 4.79 Å². The lowest BCUT2D eigenvalue weighted by molar-refractivity contribution is -0.120. The van der Waals surface area contributed by atoms with Gasteiger partial charge in [-0.2, -0.15) is 0 Å². The van der Waals surface area contributed by atoms with Crippen LogP contribution in [-0.4, -0.2) is 34.4 Å². The van der Waals surface area contributed by atoms with E-state index in [2.05, 4.69) is 10.3 Å². The van der Waals surface area contributed by atoms with E-state index in [0.717, 1.165) is 30.4 Å². The van der Waals surface area contributed by atoms with Crippen molar-refractivity contribution in [3.63, 3.8) is 0 Å². The first-order valence-electron chi connectivity index (χ1n) is 7.49. The highest BCUT2D eigenvalue weighted by Crippen LogP contribution is 2.37. The molecule has 0 saturated heterocycles. The van der Waals surface area contributed by atoms with Gasteiger partial charge in [0.25, 0.3) is 5.22 Å². The van der Waals surface area contributed by atoms with Gasteiger partial charge in [-0.1, -0.05) is 37.2 Å². The monoisotopic (exact) mass is 320 g/mol. The Morgan fingerprint density at radius 3 is 3.14 bits per heavy atom. The smallest absolute Gasteiger partial charge is 0.257 e. The lowest BCUT2D eigenvalue weighted by atomic mass is 9.86. The quantitative estimate of drug-likeness (QED) is 0.828. The molecule has 1 heterocycles. The molecule has 2 N–H and O–H groups in total. The van der Waals surface area contributed by atoms with Crippen molar-refractivity contribution >= 4 is 28.8 Å². The lowest BCUT2D eigenvalue weighted by Crippen LogP contribution is -2.45. The minimum atomic E-state index is -0.196. The van der Waals surface area contributed by atoms with Crippen LogP contribution >= 0.6 is 11.8 Å². The zero-order valence-corrected chi connectivity index (χ0v) is 13.4. The Kier molecular flexibility index (Phi) is 4.40. The molecule has 0 bridgehead atoms. The summed E-state index contributed by atoms with van der Waals surface area (Å²) in [7, 11) is 0. The fraction of sp³-hybridized carbons (Fsp3) is 0.500. The first kappa shape index (κ1) is 15.4. The van der Waals surface area contributed by atoms with Gasteiger partial charge in [0.05, 0.1) is 12.4 Å². The Morgan fingerprint density at radius 2 is 2.36 bits per heavy atom. The Labute approximate surface area is 133 Å². The highest BCUT2D eigenvalue weighted by Gasteiger charge is 2.38. The summed E-state index contributed by atoms with van der Waals surface area (Å²) in [5, 5.41) is 13.1. The van der Waals surface area contributed by atoms with E-state index in [1.807, 2.05) is 31.2 Å². The van der Waals surface area contributed by atoms with Gasteiger partial charge in [0.15, 0.2) is 5.58 Å². The molecule has 1 amide bonds. The highest BCUT2D eigenvalue weighted by atomic mass is 32.2. The zero-order valence-electron chi connectivity index (χ0n) is 12.5. The SMILES string of the molecule is CC1(CO)CCCC1NC(=O)CSc1nc2ccccc2o1. The molecule has 0 radical (unpaired) electrons. The predicted octanol–water partition coefficient (Wildman–Crippen LogP) is 2.59. The van der Waals surface area contributed by atoms with E-state index < -0.39 is 0 Å². The number of fused-ring (bicyclic) bond motifs is 1. The number of para-hydroxylation sites is 2. The van der Waals surface area contributed by atoms with Gasteiger partial charge < -0.3 is 14.8 Å². The number of thioether (sulfide) groups is 1. The molecule has 6 heteroatoms. The number of benzene rings is 1. The van der Waals surface area contributed by atoms with Gasteiger partial charge in [-0.25, -0.2) is 4.98 Å². The maximum absolute atomic E-state index is 12.1. The van der Waals surface area contributed by atoms with Crippen LogP contribution in [0.1, 0.15) is 26.2 Å². The van der Waals surface area contributed by atoms with Crippen LogP contribution in [0, 0.1) is 5.41 Å². The summed E-state index contributed by atoms with van der Waals surface area (Å²) in [6, 6.07) is 7.59. The summed E-state index contributed by atoms with van der Waals surface area (Å²) >= 11 is 1.29. The number of carbonyl (C=O) groups is 1. The summed E-state index contributed by atoms with van der Waals surface area (Å²) < 4.78 is 5.58. The average molecular weight is 320 g/mol. The van der Waals surface area contributed by atoms with Crippen molar-refractivity contribution in [2.45, 2.75) is 37.5 Å². The fourth-order valence-electron chi connectivity index (χ4n) is 2.94. The Bertz CT molecular complexity index is 639. The topological polar surface area (TPSA) is 75.4 Å². The third-order valence-electron chi connectivity index (χ3n) is 4.38. The van der Waals surface area contributed by atoms with Crippen molar-refractivity contribution in [2.75, 3.05) is 12.4 Å². The maximum Gasteiger partial charge on any atom is 0.257 e. The standard InChI is InChI=1S/C16H20N2O3S/c1-16(10-19)8-4-7-13(16)18-14(20)9-22-15-17-11-5-2-3-6-12(11)21-15/h2-3,5-6,13,19H,4,7-10H2,1H3,(H,18,20). The summed E-state index contributed by atoms with van der Waals surface area (Å²) in [5.41, 5.74) is 1.33. The zero-order chi connectivity index (χ0) is 15.6. The van der Waals surface area contributed by atoms with Crippen LogP contribution in [0.25, 0.3) is 11.1 Å². The number of nitrogens with zero attached hydrogens (tertiary/aromatic N) is 1. The molecule has 1 fully saturated rings. The number of oxazole rings is 1. The van der Waals surface area contributed by atoms with Crippen molar-refractivity contribution in [2.24, 2.45) is 5.41 Å². The molecular weight excluding hydrogens is 300 g/mol. The number of hydrogen-bond donors (Lipinski definition) is 2. The molecule has 1 aliphatic rings. The number of aliphatic hydroxyl groups is 1. The molecular formula is C16H20N2O3S. The first-order chi connectivity index (χ1) is 10.6. The van der Waals surface area contributed by atoms with Crippen LogP contribution < -0.4 is 5.32 Å². The number of aromatic nitrogens is 1. The predicted molar refractivity (Wildman–Crippen MR) is 85.7 cm³/mol. The number of nitrogens with one attached hydrogen (secondary N) is 1. The van der Waals surface area contributed by atoms with Crippen LogP contribution in [0.4, 0.5) is 0 Å². The van der Waals surface area contributed by atoms with E-state index in [1.54, 1.807) is 0 Å². The lowest BCUT2D eigenvalue weighted by Gasteiger charge is -2.29. The minimum absolute atomic E-state index is 0.0427. The Balaban J connectivity index is 1.56. The molecule has 1 aromatic carbocycles. The number of hydrogen-bond acceptors (Lipinski definition) is 5. The van der Waals surface area contributed by atoms with Crippen molar-refractivity contribution in [1.82, 2.24) is 10.3 Å². The molecule has 0 aliphatic heterocycles. The van der Waals surface area contributed by atoms with Gasteiger partial charge in [-0.3, -0.25) is 4.79 Å². The normalized spacial score (nSPS) is 24.7. The van der Waals surface area contributed by atoms with Crippen LogP contribution in [0.3, 0.4) is 0 Å². The number of carbonyl (C=O) groups excluding carboxylic acids is 1. The van der Waals surface area contributed by atoms with Crippen LogP contribution in [0.5, 0.6) is 0 Å². The van der Waals surface area contributed by atoms with Crippen molar-refractivity contribution in [1.29, 1.82) is 0 Å². The maximum atomic E-state index is 12.1. The number of amides is 1. The molecule has 1 aliphatic carbocycles. The van der Waals surface area contributed by atoms with E-state index in [0.29, 0.717) is 5.22 Å². The van der Waals surface area contributed by atoms with Gasteiger partial charge in [0, 0.05) is 11.5 Å². The third kappa shape index (κ3) is 3.13. The van der Waals surface area contributed by atoms with E-state index in [-0.39, 0.29) is 29.7 Å². The van der Waals surface area contributed by atoms with Gasteiger partial charge in [0.1, 0.15) is 5.52 Å².